The van der Waals surface area contributed by atoms with Crippen LogP contribution in [0.2, 0.25) is 0 Å². The normalized spacial score (nSPS) is 12.4. The van der Waals surface area contributed by atoms with Crippen molar-refractivity contribution in [3.63, 3.8) is 0 Å². The van der Waals surface area contributed by atoms with E-state index in [1.807, 2.05) is 13.0 Å². The third kappa shape index (κ3) is 3.82. The minimum Gasteiger partial charge on any atom is -0.323 e. The summed E-state index contributed by atoms with van der Waals surface area (Å²) in [5, 5.41) is 0. The number of rotatable bonds is 4. The Morgan fingerprint density at radius 3 is 2.63 bits per heavy atom. The van der Waals surface area contributed by atoms with Crippen LogP contribution in [0.3, 0.4) is 0 Å². The molecule has 0 radical (unpaired) electrons. The van der Waals surface area contributed by atoms with Crippen molar-refractivity contribution in [1.82, 2.24) is 0 Å². The molecule has 0 heterocycles. The van der Waals surface area contributed by atoms with E-state index in [9.17, 15) is 4.39 Å². The lowest BCUT2D eigenvalue weighted by molar-refractivity contribution is 0.624. The van der Waals surface area contributed by atoms with Crippen molar-refractivity contribution >= 4 is 11.8 Å². The Hall–Kier alpha value is -1.32. The molecule has 2 N–H and O–H groups in total. The van der Waals surface area contributed by atoms with E-state index < -0.39 is 0 Å². The zero-order valence-electron chi connectivity index (χ0n) is 11.2. The van der Waals surface area contributed by atoms with Gasteiger partial charge in [-0.1, -0.05) is 23.8 Å². The molecule has 2 aromatic rings. The lowest BCUT2D eigenvalue weighted by atomic mass is 10.0. The third-order valence-electron chi connectivity index (χ3n) is 3.05. The maximum Gasteiger partial charge on any atom is 0.123 e. The highest BCUT2D eigenvalue weighted by molar-refractivity contribution is 7.99. The molecule has 0 saturated carbocycles. The van der Waals surface area contributed by atoms with Crippen LogP contribution in [0.1, 0.15) is 22.7 Å². The zero-order chi connectivity index (χ0) is 13.8. The topological polar surface area (TPSA) is 26.0 Å². The summed E-state index contributed by atoms with van der Waals surface area (Å²) in [6.07, 6.45) is 0. The van der Waals surface area contributed by atoms with E-state index in [0.29, 0.717) is 0 Å². The first-order valence-electron chi connectivity index (χ1n) is 6.27. The van der Waals surface area contributed by atoms with Crippen LogP contribution in [0.5, 0.6) is 0 Å². The first-order valence-corrected chi connectivity index (χ1v) is 7.26. The molecule has 0 aliphatic carbocycles. The molecule has 0 aliphatic rings. The predicted octanol–water partition coefficient (Wildman–Crippen LogP) is 4.23. The third-order valence-corrected chi connectivity index (χ3v) is 4.16. The SMILES string of the molecule is Cc1cccc(SCC(N)c2ccc(F)cc2C)c1. The van der Waals surface area contributed by atoms with E-state index in [1.165, 1.54) is 22.6 Å². The summed E-state index contributed by atoms with van der Waals surface area (Å²) in [7, 11) is 0. The fourth-order valence-electron chi connectivity index (χ4n) is 2.04. The lowest BCUT2D eigenvalue weighted by Gasteiger charge is -2.14. The van der Waals surface area contributed by atoms with Crippen LogP contribution in [0.4, 0.5) is 4.39 Å². The maximum absolute atomic E-state index is 13.1. The first kappa shape index (κ1) is 14.1. The number of hydrogen-bond donors (Lipinski definition) is 1. The van der Waals surface area contributed by atoms with E-state index in [1.54, 1.807) is 17.8 Å². The quantitative estimate of drug-likeness (QED) is 0.845. The number of benzene rings is 2. The van der Waals surface area contributed by atoms with Crippen LogP contribution in [0, 0.1) is 19.7 Å². The van der Waals surface area contributed by atoms with Gasteiger partial charge >= 0.3 is 0 Å². The number of halogens is 1. The number of nitrogens with two attached hydrogens (primary N) is 1. The highest BCUT2D eigenvalue weighted by Crippen LogP contribution is 2.25. The standard InChI is InChI=1S/C16H18FNS/c1-11-4-3-5-14(8-11)19-10-16(18)15-7-6-13(17)9-12(15)2/h3-9,16H,10,18H2,1-2H3. The summed E-state index contributed by atoms with van der Waals surface area (Å²) < 4.78 is 13.1. The lowest BCUT2D eigenvalue weighted by Crippen LogP contribution is -2.14. The molecule has 19 heavy (non-hydrogen) atoms. The van der Waals surface area contributed by atoms with Crippen LogP contribution < -0.4 is 5.73 Å². The van der Waals surface area contributed by atoms with E-state index in [2.05, 4.69) is 25.1 Å². The van der Waals surface area contributed by atoms with Gasteiger partial charge in [0.25, 0.3) is 0 Å². The molecule has 1 atom stereocenters. The second-order valence-corrected chi connectivity index (χ2v) is 5.83. The van der Waals surface area contributed by atoms with Gasteiger partial charge in [0.1, 0.15) is 5.82 Å². The summed E-state index contributed by atoms with van der Waals surface area (Å²) in [6.45, 7) is 3.98. The smallest absolute Gasteiger partial charge is 0.123 e. The fourth-order valence-corrected chi connectivity index (χ4v) is 3.03. The summed E-state index contributed by atoms with van der Waals surface area (Å²) in [5.74, 6) is 0.579. The molecule has 0 aliphatic heterocycles. The van der Waals surface area contributed by atoms with Gasteiger partial charge in [0.2, 0.25) is 0 Å². The van der Waals surface area contributed by atoms with Gasteiger partial charge in [0, 0.05) is 16.7 Å². The first-order chi connectivity index (χ1) is 9.06. The second-order valence-electron chi connectivity index (χ2n) is 4.73. The van der Waals surface area contributed by atoms with Gasteiger partial charge in [-0.05, 0) is 49.2 Å². The van der Waals surface area contributed by atoms with Gasteiger partial charge in [-0.15, -0.1) is 11.8 Å². The second kappa shape index (κ2) is 6.22. The minimum atomic E-state index is -0.209. The van der Waals surface area contributed by atoms with Crippen LogP contribution in [-0.4, -0.2) is 5.75 Å². The molecule has 2 aromatic carbocycles. The maximum atomic E-state index is 13.1. The van der Waals surface area contributed by atoms with Crippen molar-refractivity contribution in [3.8, 4) is 0 Å². The molecule has 0 fully saturated rings. The summed E-state index contributed by atoms with van der Waals surface area (Å²) in [5.41, 5.74) is 9.36. The molecule has 100 valence electrons. The molecule has 0 aromatic heterocycles. The van der Waals surface area contributed by atoms with Gasteiger partial charge in [-0.2, -0.15) is 0 Å². The molecule has 0 bridgehead atoms. The van der Waals surface area contributed by atoms with Crippen molar-refractivity contribution in [1.29, 1.82) is 0 Å². The van der Waals surface area contributed by atoms with Gasteiger partial charge in [0.15, 0.2) is 0 Å². The van der Waals surface area contributed by atoms with Crippen molar-refractivity contribution in [2.75, 3.05) is 5.75 Å². The zero-order valence-corrected chi connectivity index (χ0v) is 12.0. The number of hydrogen-bond acceptors (Lipinski definition) is 2. The molecule has 3 heteroatoms. The average molecular weight is 275 g/mol. The van der Waals surface area contributed by atoms with E-state index in [4.69, 9.17) is 5.73 Å². The molecule has 0 amide bonds. The highest BCUT2D eigenvalue weighted by atomic mass is 32.2. The van der Waals surface area contributed by atoms with Gasteiger partial charge in [0.05, 0.1) is 0 Å². The molecule has 0 spiro atoms. The monoisotopic (exact) mass is 275 g/mol. The summed E-state index contributed by atoms with van der Waals surface area (Å²) in [4.78, 5) is 1.22. The Kier molecular flexibility index (Phi) is 4.61. The molecule has 2 rings (SSSR count). The van der Waals surface area contributed by atoms with E-state index in [0.717, 1.165) is 16.9 Å². The van der Waals surface area contributed by atoms with Crippen LogP contribution in [0.25, 0.3) is 0 Å². The Bertz CT molecular complexity index is 568. The Morgan fingerprint density at radius 2 is 1.95 bits per heavy atom. The van der Waals surface area contributed by atoms with Gasteiger partial charge in [-0.3, -0.25) is 0 Å². The van der Waals surface area contributed by atoms with Crippen LogP contribution in [-0.2, 0) is 0 Å². The van der Waals surface area contributed by atoms with Crippen molar-refractivity contribution < 1.29 is 4.39 Å². The number of aryl methyl sites for hydroxylation is 2. The van der Waals surface area contributed by atoms with Crippen molar-refractivity contribution in [3.05, 3.63) is 65.0 Å². The largest absolute Gasteiger partial charge is 0.323 e. The number of thioether (sulfide) groups is 1. The van der Waals surface area contributed by atoms with E-state index in [-0.39, 0.29) is 11.9 Å². The molecular formula is C16H18FNS. The van der Waals surface area contributed by atoms with Gasteiger partial charge in [-0.25, -0.2) is 4.39 Å². The Morgan fingerprint density at radius 1 is 1.16 bits per heavy atom. The molecule has 1 nitrogen and oxygen atoms in total. The van der Waals surface area contributed by atoms with Crippen molar-refractivity contribution in [2.45, 2.75) is 24.8 Å². The minimum absolute atomic E-state index is 0.0777. The van der Waals surface area contributed by atoms with E-state index >= 15 is 0 Å². The molecule has 0 saturated heterocycles. The molecule has 1 unspecified atom stereocenters. The van der Waals surface area contributed by atoms with Crippen molar-refractivity contribution in [2.24, 2.45) is 5.73 Å². The average Bonchev–Trinajstić information content (AvgIpc) is 2.36. The summed E-state index contributed by atoms with van der Waals surface area (Å²) >= 11 is 1.73. The van der Waals surface area contributed by atoms with Gasteiger partial charge < -0.3 is 5.73 Å². The fraction of sp³-hybridized carbons (Fsp3) is 0.250. The van der Waals surface area contributed by atoms with Crippen LogP contribution in [0.15, 0.2) is 47.4 Å². The predicted molar refractivity (Wildman–Crippen MR) is 80.0 cm³/mol. The Balaban J connectivity index is 2.03. The summed E-state index contributed by atoms with van der Waals surface area (Å²) in [6, 6.07) is 13.1. The molecular weight excluding hydrogens is 257 g/mol. The Labute approximate surface area is 118 Å². The van der Waals surface area contributed by atoms with Crippen LogP contribution >= 0.6 is 11.8 Å². The highest BCUT2D eigenvalue weighted by Gasteiger charge is 2.10.